The van der Waals surface area contributed by atoms with Gasteiger partial charge < -0.3 is 14.4 Å². The Labute approximate surface area is 176 Å². The Morgan fingerprint density at radius 1 is 1.07 bits per heavy atom. The lowest BCUT2D eigenvalue weighted by Gasteiger charge is -2.26. The summed E-state index contributed by atoms with van der Waals surface area (Å²) in [4.78, 5) is 15.0. The second kappa shape index (κ2) is 9.13. The summed E-state index contributed by atoms with van der Waals surface area (Å²) in [5.74, 6) is 0.792. The van der Waals surface area contributed by atoms with Crippen molar-refractivity contribution in [1.82, 2.24) is 15.1 Å². The van der Waals surface area contributed by atoms with Gasteiger partial charge in [0.15, 0.2) is 0 Å². The van der Waals surface area contributed by atoms with E-state index in [-0.39, 0.29) is 11.9 Å². The number of carbonyl (C=O) groups excluding carboxylic acids is 1. The van der Waals surface area contributed by atoms with Gasteiger partial charge in [0.1, 0.15) is 11.4 Å². The van der Waals surface area contributed by atoms with Gasteiger partial charge in [0.05, 0.1) is 24.9 Å². The second-order valence-electron chi connectivity index (χ2n) is 7.39. The molecule has 0 bridgehead atoms. The molecule has 0 fully saturated rings. The molecule has 1 atom stereocenters. The molecule has 0 spiro atoms. The molecule has 6 heteroatoms. The molecule has 0 aliphatic carbocycles. The molecule has 0 radical (unpaired) electrons. The highest BCUT2D eigenvalue weighted by atomic mass is 16.5. The molecule has 1 amide bonds. The average molecular weight is 405 g/mol. The SMILES string of the molecule is CCCCOc1ccc(C2c3c(-c4ccccc4)n[nH]c3C(=O)N2CCOC)cc1. The van der Waals surface area contributed by atoms with Crippen LogP contribution in [-0.4, -0.2) is 47.9 Å². The van der Waals surface area contributed by atoms with E-state index in [1.807, 2.05) is 59.5 Å². The molecule has 0 saturated heterocycles. The molecule has 1 aromatic heterocycles. The topological polar surface area (TPSA) is 67.5 Å². The van der Waals surface area contributed by atoms with Crippen molar-refractivity contribution in [3.8, 4) is 17.0 Å². The smallest absolute Gasteiger partial charge is 0.273 e. The third-order valence-corrected chi connectivity index (χ3v) is 5.41. The van der Waals surface area contributed by atoms with Crippen molar-refractivity contribution >= 4 is 5.91 Å². The second-order valence-corrected chi connectivity index (χ2v) is 7.39. The first-order chi connectivity index (χ1) is 14.7. The number of amides is 1. The van der Waals surface area contributed by atoms with Crippen LogP contribution in [0.5, 0.6) is 5.75 Å². The third-order valence-electron chi connectivity index (χ3n) is 5.41. The highest BCUT2D eigenvalue weighted by Gasteiger charge is 2.41. The summed E-state index contributed by atoms with van der Waals surface area (Å²) in [6.07, 6.45) is 2.13. The van der Waals surface area contributed by atoms with E-state index in [9.17, 15) is 4.79 Å². The Morgan fingerprint density at radius 3 is 2.53 bits per heavy atom. The molecule has 2 aromatic carbocycles. The first-order valence-electron chi connectivity index (χ1n) is 10.4. The van der Waals surface area contributed by atoms with Crippen molar-refractivity contribution in [3.63, 3.8) is 0 Å². The number of hydrogen-bond donors (Lipinski definition) is 1. The molecule has 0 saturated carbocycles. The van der Waals surface area contributed by atoms with Crippen LogP contribution in [0.3, 0.4) is 0 Å². The molecule has 156 valence electrons. The molecule has 6 nitrogen and oxygen atoms in total. The summed E-state index contributed by atoms with van der Waals surface area (Å²) in [5.41, 5.74) is 4.30. The highest BCUT2D eigenvalue weighted by Crippen LogP contribution is 2.42. The largest absolute Gasteiger partial charge is 0.494 e. The van der Waals surface area contributed by atoms with Gasteiger partial charge in [0.2, 0.25) is 0 Å². The Bertz CT molecular complexity index is 983. The van der Waals surface area contributed by atoms with Crippen molar-refractivity contribution in [2.45, 2.75) is 25.8 Å². The number of ether oxygens (including phenoxy) is 2. The number of carbonyl (C=O) groups is 1. The molecule has 1 unspecified atom stereocenters. The fraction of sp³-hybridized carbons (Fsp3) is 0.333. The number of aromatic amines is 1. The van der Waals surface area contributed by atoms with Crippen LogP contribution in [0.4, 0.5) is 0 Å². The lowest BCUT2D eigenvalue weighted by molar-refractivity contribution is 0.0677. The molecular formula is C24H27N3O3. The fourth-order valence-corrected chi connectivity index (χ4v) is 3.86. The summed E-state index contributed by atoms with van der Waals surface area (Å²) in [5, 5.41) is 7.47. The Morgan fingerprint density at radius 2 is 1.83 bits per heavy atom. The van der Waals surface area contributed by atoms with E-state index in [0.717, 1.165) is 41.0 Å². The zero-order chi connectivity index (χ0) is 20.9. The lowest BCUT2D eigenvalue weighted by atomic mass is 9.96. The zero-order valence-electron chi connectivity index (χ0n) is 17.4. The zero-order valence-corrected chi connectivity index (χ0v) is 17.4. The van der Waals surface area contributed by atoms with Gasteiger partial charge >= 0.3 is 0 Å². The number of hydrogen-bond acceptors (Lipinski definition) is 4. The van der Waals surface area contributed by atoms with E-state index in [1.165, 1.54) is 0 Å². The van der Waals surface area contributed by atoms with Gasteiger partial charge in [-0.1, -0.05) is 55.8 Å². The van der Waals surface area contributed by atoms with E-state index in [4.69, 9.17) is 9.47 Å². The Hall–Kier alpha value is -3.12. The van der Waals surface area contributed by atoms with Gasteiger partial charge in [-0.25, -0.2) is 0 Å². The number of unbranched alkanes of at least 4 members (excludes halogenated alkanes) is 1. The van der Waals surface area contributed by atoms with E-state index < -0.39 is 0 Å². The highest BCUT2D eigenvalue weighted by molar-refractivity contribution is 6.00. The van der Waals surface area contributed by atoms with Crippen LogP contribution < -0.4 is 4.74 Å². The number of benzene rings is 2. The maximum absolute atomic E-state index is 13.1. The predicted octanol–water partition coefficient (Wildman–Crippen LogP) is 4.45. The molecule has 3 aromatic rings. The minimum absolute atomic E-state index is 0.0509. The van der Waals surface area contributed by atoms with Crippen LogP contribution in [0.2, 0.25) is 0 Å². The summed E-state index contributed by atoms with van der Waals surface area (Å²) in [6.45, 7) is 3.83. The van der Waals surface area contributed by atoms with Crippen LogP contribution in [0.15, 0.2) is 54.6 Å². The summed E-state index contributed by atoms with van der Waals surface area (Å²) in [7, 11) is 1.65. The maximum Gasteiger partial charge on any atom is 0.273 e. The van der Waals surface area contributed by atoms with Gasteiger partial charge in [0, 0.05) is 24.8 Å². The van der Waals surface area contributed by atoms with Crippen molar-refractivity contribution in [1.29, 1.82) is 0 Å². The molecule has 2 heterocycles. The molecule has 1 aliphatic heterocycles. The summed E-state index contributed by atoms with van der Waals surface area (Å²) >= 11 is 0. The normalized spacial score (nSPS) is 15.5. The van der Waals surface area contributed by atoms with Crippen molar-refractivity contribution in [2.24, 2.45) is 0 Å². The number of aromatic nitrogens is 2. The molecule has 1 aliphatic rings. The summed E-state index contributed by atoms with van der Waals surface area (Å²) < 4.78 is 11.1. The van der Waals surface area contributed by atoms with Crippen molar-refractivity contribution < 1.29 is 14.3 Å². The third kappa shape index (κ3) is 3.83. The molecule has 4 rings (SSSR count). The Kier molecular flexibility index (Phi) is 6.14. The number of nitrogens with one attached hydrogen (secondary N) is 1. The Balaban J connectivity index is 1.71. The van der Waals surface area contributed by atoms with Crippen molar-refractivity contribution in [2.75, 3.05) is 26.9 Å². The van der Waals surface area contributed by atoms with Gasteiger partial charge in [-0.05, 0) is 24.1 Å². The average Bonchev–Trinajstić information content (AvgIpc) is 3.33. The quantitative estimate of drug-likeness (QED) is 0.534. The standard InChI is InChI=1S/C24H27N3O3/c1-3-4-15-30-19-12-10-18(11-13-19)23-20-21(17-8-6-5-7-9-17)25-26-22(20)24(28)27(23)14-16-29-2/h5-13,23H,3-4,14-16H2,1-2H3,(H,25,26). The van der Waals surface area contributed by atoms with Crippen LogP contribution in [0.25, 0.3) is 11.3 Å². The number of methoxy groups -OCH3 is 1. The van der Waals surface area contributed by atoms with Crippen LogP contribution in [0, 0.1) is 0 Å². The van der Waals surface area contributed by atoms with E-state index >= 15 is 0 Å². The lowest BCUT2D eigenvalue weighted by Crippen LogP contribution is -2.32. The maximum atomic E-state index is 13.1. The number of H-pyrrole nitrogens is 1. The predicted molar refractivity (Wildman–Crippen MR) is 116 cm³/mol. The van der Waals surface area contributed by atoms with Gasteiger partial charge in [-0.3, -0.25) is 9.89 Å². The number of rotatable bonds is 9. The first kappa shape index (κ1) is 20.2. The van der Waals surface area contributed by atoms with E-state index in [1.54, 1.807) is 7.11 Å². The van der Waals surface area contributed by atoms with E-state index in [0.29, 0.717) is 25.5 Å². The molecular weight excluding hydrogens is 378 g/mol. The summed E-state index contributed by atoms with van der Waals surface area (Å²) in [6, 6.07) is 17.8. The minimum atomic E-state index is -0.221. The van der Waals surface area contributed by atoms with Crippen LogP contribution in [-0.2, 0) is 4.74 Å². The van der Waals surface area contributed by atoms with Gasteiger partial charge in [-0.2, -0.15) is 5.10 Å². The number of nitrogens with zero attached hydrogens (tertiary/aromatic N) is 2. The molecule has 1 N–H and O–H groups in total. The van der Waals surface area contributed by atoms with Gasteiger partial charge in [0.25, 0.3) is 5.91 Å². The van der Waals surface area contributed by atoms with Gasteiger partial charge in [-0.15, -0.1) is 0 Å². The molecule has 30 heavy (non-hydrogen) atoms. The monoisotopic (exact) mass is 405 g/mol. The van der Waals surface area contributed by atoms with Crippen LogP contribution in [0.1, 0.15) is 47.4 Å². The first-order valence-corrected chi connectivity index (χ1v) is 10.4. The minimum Gasteiger partial charge on any atom is -0.494 e. The van der Waals surface area contributed by atoms with Crippen LogP contribution >= 0.6 is 0 Å². The fourth-order valence-electron chi connectivity index (χ4n) is 3.86. The van der Waals surface area contributed by atoms with E-state index in [2.05, 4.69) is 17.1 Å². The number of fused-ring (bicyclic) bond motifs is 1. The van der Waals surface area contributed by atoms with Crippen molar-refractivity contribution in [3.05, 3.63) is 71.4 Å².